The van der Waals surface area contributed by atoms with Gasteiger partial charge in [-0.2, -0.15) is 0 Å². The molecule has 2 aromatic rings. The molecule has 2 atom stereocenters. The third-order valence-electron chi connectivity index (χ3n) is 6.36. The predicted octanol–water partition coefficient (Wildman–Crippen LogP) is 5.69. The number of nitrogens with one attached hydrogen (secondary N) is 1. The Labute approximate surface area is 178 Å². The van der Waals surface area contributed by atoms with E-state index in [1.807, 2.05) is 18.5 Å². The number of unbranched alkanes of at least 4 members (excludes halogenated alkanes) is 3. The molecule has 1 saturated carbocycles. The Bertz CT molecular complexity index is 800. The first-order chi connectivity index (χ1) is 14.0. The molecule has 1 amide bonds. The molecule has 0 radical (unpaired) electrons. The Kier molecular flexibility index (Phi) is 7.99. The van der Waals surface area contributed by atoms with Gasteiger partial charge >= 0.3 is 179 Å². The van der Waals surface area contributed by atoms with Crippen molar-refractivity contribution < 1.29 is 9.18 Å². The third kappa shape index (κ3) is 5.53. The Morgan fingerprint density at radius 1 is 1.14 bits per heavy atom. The number of aromatic nitrogens is 2. The number of fused-ring (bicyclic) bond motifs is 1. The van der Waals surface area contributed by atoms with Crippen LogP contribution in [0.1, 0.15) is 65.7 Å². The fourth-order valence-electron chi connectivity index (χ4n) is 4.33. The fraction of sp³-hybridized carbons (Fsp3) is 0.652. The van der Waals surface area contributed by atoms with E-state index >= 15 is 0 Å². The summed E-state index contributed by atoms with van der Waals surface area (Å²) in [5.74, 6) is -0.670. The van der Waals surface area contributed by atoms with Crippen LogP contribution in [0.15, 0.2) is 24.7 Å². The molecule has 1 N–H and O–H groups in total. The molecule has 2 aromatic heterocycles. The van der Waals surface area contributed by atoms with Crippen molar-refractivity contribution in [2.45, 2.75) is 85.2 Å². The van der Waals surface area contributed by atoms with Crippen molar-refractivity contribution in [3.05, 3.63) is 24.7 Å². The summed E-state index contributed by atoms with van der Waals surface area (Å²) < 4.78 is 20.8. The topological polar surface area (TPSA) is 46.4 Å². The van der Waals surface area contributed by atoms with Crippen LogP contribution in [-0.4, -0.2) is 39.8 Å². The number of carbonyl (C=O) groups excluding carboxylic acids is 1. The molecule has 2 heterocycles. The number of carbonyl (C=O) groups is 1. The van der Waals surface area contributed by atoms with Crippen molar-refractivity contribution in [3.63, 3.8) is 0 Å². The Morgan fingerprint density at radius 2 is 1.72 bits per heavy atom. The molecule has 1 fully saturated rings. The molecular formula is C23H36FN3OSn. The minimum atomic E-state index is -2.57. The van der Waals surface area contributed by atoms with E-state index in [1.54, 1.807) is 0 Å². The number of hydrogen-bond acceptors (Lipinski definition) is 2. The fourth-order valence-corrected chi connectivity index (χ4v) is 19.6. The molecule has 1 aliphatic rings. The molecule has 0 aromatic carbocycles. The summed E-state index contributed by atoms with van der Waals surface area (Å²) in [7, 11) is 0. The molecule has 3 rings (SSSR count). The van der Waals surface area contributed by atoms with Gasteiger partial charge in [-0.25, -0.2) is 0 Å². The molecule has 0 unspecified atom stereocenters. The molecule has 0 bridgehead atoms. The predicted molar refractivity (Wildman–Crippen MR) is 121 cm³/mol. The van der Waals surface area contributed by atoms with Gasteiger partial charge in [-0.15, -0.1) is 0 Å². The summed E-state index contributed by atoms with van der Waals surface area (Å²) in [6, 6.07) is 1.94. The van der Waals surface area contributed by atoms with Gasteiger partial charge in [0.1, 0.15) is 0 Å². The third-order valence-corrected chi connectivity index (χ3v) is 21.4. The van der Waals surface area contributed by atoms with Gasteiger partial charge in [0.15, 0.2) is 0 Å². The van der Waals surface area contributed by atoms with Crippen molar-refractivity contribution in [2.75, 3.05) is 5.32 Å². The molecular weight excluding hydrogens is 472 g/mol. The molecule has 29 heavy (non-hydrogen) atoms. The number of halogens is 1. The first-order valence-corrected chi connectivity index (χ1v) is 18.9. The molecule has 1 aliphatic carbocycles. The van der Waals surface area contributed by atoms with E-state index in [2.05, 4.69) is 36.7 Å². The first-order valence-electron chi connectivity index (χ1n) is 11.5. The second kappa shape index (κ2) is 10.3. The Hall–Kier alpha value is -1.11. The van der Waals surface area contributed by atoms with Gasteiger partial charge < -0.3 is 0 Å². The summed E-state index contributed by atoms with van der Waals surface area (Å²) in [6.45, 7) is 6.86. The second-order valence-corrected chi connectivity index (χ2v) is 21.8. The first kappa shape index (κ1) is 22.6. The van der Waals surface area contributed by atoms with Gasteiger partial charge in [-0.05, 0) is 0 Å². The number of nitrogens with zero attached hydrogens (tertiary/aromatic N) is 2. The van der Waals surface area contributed by atoms with E-state index < -0.39 is 30.5 Å². The van der Waals surface area contributed by atoms with Gasteiger partial charge in [-0.3, -0.25) is 0 Å². The Morgan fingerprint density at radius 3 is 2.24 bits per heavy atom. The Balaban J connectivity index is 1.87. The summed E-state index contributed by atoms with van der Waals surface area (Å²) in [4.78, 5) is 17.1. The number of amides is 1. The van der Waals surface area contributed by atoms with Gasteiger partial charge in [-0.1, -0.05) is 0 Å². The number of hydrogen-bond donors (Lipinski definition) is 1. The number of rotatable bonds is 12. The normalized spacial score (nSPS) is 18.9. The monoisotopic (exact) mass is 509 g/mol. The zero-order valence-corrected chi connectivity index (χ0v) is 21.1. The van der Waals surface area contributed by atoms with Crippen LogP contribution in [0.2, 0.25) is 13.3 Å². The number of alkyl halides is 1. The summed E-state index contributed by atoms with van der Waals surface area (Å²) >= 11 is -2.57. The van der Waals surface area contributed by atoms with Crippen LogP contribution >= 0.6 is 0 Å². The van der Waals surface area contributed by atoms with Crippen LogP contribution in [0.4, 0.5) is 10.1 Å². The molecule has 0 spiro atoms. The van der Waals surface area contributed by atoms with Gasteiger partial charge in [0.05, 0.1) is 0 Å². The van der Waals surface area contributed by atoms with E-state index in [4.69, 9.17) is 4.98 Å². The van der Waals surface area contributed by atoms with E-state index in [0.717, 1.165) is 11.2 Å². The van der Waals surface area contributed by atoms with Crippen molar-refractivity contribution in [2.24, 2.45) is 5.92 Å². The maximum absolute atomic E-state index is 13.2. The summed E-state index contributed by atoms with van der Waals surface area (Å²) in [5, 5.41) is 2.87. The van der Waals surface area contributed by atoms with Crippen LogP contribution < -0.4 is 9.03 Å². The standard InChI is InChI=1S/C11H9FN3O.3C4H9.Sn/c12-10-4-9(10)11(16)14-7-3-8-5-13-1-2-15(8)6-7;3*1-3-4-2;/h2-3,5-6,9-10H,4H2,(H,14,16);3*1,3-4H2,2H3;/t9-,10+;;;;/m1..../s1. The summed E-state index contributed by atoms with van der Waals surface area (Å²) in [5.41, 5.74) is 1.72. The average Bonchev–Trinajstić information content (AvgIpc) is 3.32. The molecule has 0 aliphatic heterocycles. The van der Waals surface area contributed by atoms with Crippen LogP contribution in [0.25, 0.3) is 5.52 Å². The zero-order valence-electron chi connectivity index (χ0n) is 18.2. The minimum absolute atomic E-state index is 0.205. The van der Waals surface area contributed by atoms with E-state index in [9.17, 15) is 9.18 Å². The molecule has 4 nitrogen and oxygen atoms in total. The van der Waals surface area contributed by atoms with Crippen LogP contribution in [-0.2, 0) is 4.79 Å². The van der Waals surface area contributed by atoms with Crippen molar-refractivity contribution in [1.29, 1.82) is 0 Å². The number of anilines is 1. The van der Waals surface area contributed by atoms with Crippen molar-refractivity contribution in [1.82, 2.24) is 9.38 Å². The van der Waals surface area contributed by atoms with Gasteiger partial charge in [0.2, 0.25) is 0 Å². The van der Waals surface area contributed by atoms with Crippen LogP contribution in [0.3, 0.4) is 0 Å². The SMILES string of the molecule is CCC[CH2][Sn]([CH2]CCC)([CH2]CCC)[c]1cn2cc(NC(=O)[C@@H]3C[C@@H]3F)cc2cn1. The average molecular weight is 508 g/mol. The van der Waals surface area contributed by atoms with E-state index in [1.165, 1.54) is 55.5 Å². The summed E-state index contributed by atoms with van der Waals surface area (Å²) in [6.07, 6.45) is 13.2. The molecule has 0 saturated heterocycles. The maximum atomic E-state index is 13.2. The van der Waals surface area contributed by atoms with Crippen LogP contribution in [0, 0.1) is 5.92 Å². The van der Waals surface area contributed by atoms with Crippen molar-refractivity contribution >= 4 is 39.2 Å². The zero-order chi connectivity index (χ0) is 20.9. The van der Waals surface area contributed by atoms with Crippen LogP contribution in [0.5, 0.6) is 0 Å². The molecule has 6 heteroatoms. The van der Waals surface area contributed by atoms with E-state index in [-0.39, 0.29) is 5.91 Å². The molecule has 160 valence electrons. The van der Waals surface area contributed by atoms with Crippen molar-refractivity contribution in [3.8, 4) is 0 Å². The quantitative estimate of drug-likeness (QED) is 0.375. The van der Waals surface area contributed by atoms with E-state index in [0.29, 0.717) is 6.42 Å². The van der Waals surface area contributed by atoms with Gasteiger partial charge in [0.25, 0.3) is 0 Å². The second-order valence-electron chi connectivity index (χ2n) is 8.77. The van der Waals surface area contributed by atoms with Gasteiger partial charge in [0, 0.05) is 0 Å².